The highest BCUT2D eigenvalue weighted by molar-refractivity contribution is 9.10. The Balaban J connectivity index is 0.944. The summed E-state index contributed by atoms with van der Waals surface area (Å²) in [6, 6.07) is 28.5. The monoisotopic (exact) mass is 787 g/mol. The van der Waals surface area contributed by atoms with Crippen molar-refractivity contribution in [2.75, 3.05) is 6.61 Å². The highest BCUT2D eigenvalue weighted by Gasteiger charge is 2.16. The first-order valence-electron chi connectivity index (χ1n) is 18.9. The summed E-state index contributed by atoms with van der Waals surface area (Å²) in [7, 11) is 0. The van der Waals surface area contributed by atoms with E-state index in [1.165, 1.54) is 57.8 Å². The fourth-order valence-corrected chi connectivity index (χ4v) is 6.83. The second-order valence-electron chi connectivity index (χ2n) is 13.4. The molecule has 0 unspecified atom stereocenters. The standard InChI is InChI=1S/C45H46BrN3O5/c1-2-3-4-5-6-7-8-9-10-13-32-52-39-26-24-38(25-27-39)49-43(46)42(47-48-49)35-18-22-37(23-19-35)45(51)54-41-30-28-40(29-31-41)53-44(50)36-20-16-34(17-21-36)33-14-11-12-15-33/h11-12,14-31,33H,2-10,13,32H2,1H3. The van der Waals surface area contributed by atoms with Gasteiger partial charge >= 0.3 is 11.9 Å². The predicted molar refractivity (Wildman–Crippen MR) is 216 cm³/mol. The number of carbonyl (C=O) groups excluding carboxylic acids is 2. The molecule has 0 spiro atoms. The van der Waals surface area contributed by atoms with Gasteiger partial charge in [0.1, 0.15) is 27.5 Å². The van der Waals surface area contributed by atoms with E-state index in [4.69, 9.17) is 14.2 Å². The highest BCUT2D eigenvalue weighted by Crippen LogP contribution is 2.30. The minimum absolute atomic E-state index is 0.228. The van der Waals surface area contributed by atoms with Gasteiger partial charge in [-0.2, -0.15) is 0 Å². The summed E-state index contributed by atoms with van der Waals surface area (Å²) in [5.41, 5.74) is 4.20. The lowest BCUT2D eigenvalue weighted by Crippen LogP contribution is -2.09. The summed E-state index contributed by atoms with van der Waals surface area (Å²) in [6.07, 6.45) is 21.2. The Morgan fingerprint density at radius 1 is 0.630 bits per heavy atom. The van der Waals surface area contributed by atoms with Gasteiger partial charge in [-0.25, -0.2) is 14.3 Å². The summed E-state index contributed by atoms with van der Waals surface area (Å²) in [6.45, 7) is 2.97. The van der Waals surface area contributed by atoms with Crippen molar-refractivity contribution in [2.24, 2.45) is 0 Å². The number of hydrogen-bond donors (Lipinski definition) is 0. The number of nitrogens with zero attached hydrogens (tertiary/aromatic N) is 3. The predicted octanol–water partition coefficient (Wildman–Crippen LogP) is 11.6. The van der Waals surface area contributed by atoms with Gasteiger partial charge in [0, 0.05) is 11.5 Å². The number of halogens is 1. The zero-order valence-corrected chi connectivity index (χ0v) is 32.2. The van der Waals surface area contributed by atoms with Crippen LogP contribution >= 0.6 is 15.9 Å². The molecule has 4 aromatic carbocycles. The second-order valence-corrected chi connectivity index (χ2v) is 14.2. The SMILES string of the molecule is CCCCCCCCCCCCOc1ccc(-n2nnc(-c3ccc(C(=O)Oc4ccc(OC(=O)c5ccc(C6C=CC=C6)cc5)cc4)cc3)c2Br)cc1. The van der Waals surface area contributed by atoms with Crippen molar-refractivity contribution in [1.29, 1.82) is 0 Å². The molecule has 5 aromatic rings. The molecule has 9 heteroatoms. The lowest BCUT2D eigenvalue weighted by Gasteiger charge is -2.09. The van der Waals surface area contributed by atoms with Crippen LogP contribution in [-0.4, -0.2) is 33.5 Å². The van der Waals surface area contributed by atoms with E-state index in [1.807, 2.05) is 48.6 Å². The normalized spacial score (nSPS) is 12.3. The Bertz CT molecular complexity index is 2010. The number of aromatic nitrogens is 3. The van der Waals surface area contributed by atoms with Crippen LogP contribution in [0.4, 0.5) is 0 Å². The number of rotatable bonds is 19. The van der Waals surface area contributed by atoms with E-state index in [2.05, 4.69) is 45.3 Å². The third-order valence-electron chi connectivity index (χ3n) is 9.38. The molecule has 0 bridgehead atoms. The second kappa shape index (κ2) is 19.7. The third-order valence-corrected chi connectivity index (χ3v) is 10.1. The molecule has 0 radical (unpaired) electrons. The van der Waals surface area contributed by atoms with E-state index >= 15 is 0 Å². The number of unbranched alkanes of at least 4 members (excludes halogenated alkanes) is 9. The lowest BCUT2D eigenvalue weighted by atomic mass is 10.00. The fourth-order valence-electron chi connectivity index (χ4n) is 6.24. The van der Waals surface area contributed by atoms with Crippen molar-refractivity contribution in [1.82, 2.24) is 15.0 Å². The van der Waals surface area contributed by atoms with Crippen molar-refractivity contribution in [3.8, 4) is 34.2 Å². The smallest absolute Gasteiger partial charge is 0.343 e. The Kier molecular flexibility index (Phi) is 14.0. The van der Waals surface area contributed by atoms with Gasteiger partial charge in [-0.15, -0.1) is 5.10 Å². The topological polar surface area (TPSA) is 92.5 Å². The summed E-state index contributed by atoms with van der Waals surface area (Å²) in [5, 5.41) is 8.73. The zero-order valence-electron chi connectivity index (χ0n) is 30.7. The molecule has 0 N–H and O–H groups in total. The molecule has 0 aliphatic heterocycles. The first-order chi connectivity index (χ1) is 26.5. The number of hydrogen-bond acceptors (Lipinski definition) is 7. The maximum Gasteiger partial charge on any atom is 0.343 e. The highest BCUT2D eigenvalue weighted by atomic mass is 79.9. The quantitative estimate of drug-likeness (QED) is 0.0467. The Labute approximate surface area is 326 Å². The van der Waals surface area contributed by atoms with Crippen LogP contribution in [0.3, 0.4) is 0 Å². The molecule has 6 rings (SSSR count). The van der Waals surface area contributed by atoms with E-state index in [0.29, 0.717) is 39.5 Å². The Morgan fingerprint density at radius 3 is 1.69 bits per heavy atom. The number of allylic oxidation sites excluding steroid dienone is 4. The molecule has 0 saturated carbocycles. The molecule has 278 valence electrons. The lowest BCUT2D eigenvalue weighted by molar-refractivity contribution is 0.0719. The molecular formula is C45H46BrN3O5. The van der Waals surface area contributed by atoms with Crippen LogP contribution in [-0.2, 0) is 0 Å². The zero-order chi connectivity index (χ0) is 37.5. The molecule has 1 aliphatic rings. The van der Waals surface area contributed by atoms with Gasteiger partial charge in [0.2, 0.25) is 0 Å². The molecule has 8 nitrogen and oxygen atoms in total. The minimum Gasteiger partial charge on any atom is -0.494 e. The van der Waals surface area contributed by atoms with Gasteiger partial charge in [-0.1, -0.05) is 118 Å². The number of ether oxygens (including phenoxy) is 3. The van der Waals surface area contributed by atoms with E-state index in [1.54, 1.807) is 65.3 Å². The average Bonchev–Trinajstić information content (AvgIpc) is 3.89. The number of carbonyl (C=O) groups is 2. The largest absolute Gasteiger partial charge is 0.494 e. The molecule has 0 atom stereocenters. The van der Waals surface area contributed by atoms with Gasteiger partial charge in [0.25, 0.3) is 0 Å². The van der Waals surface area contributed by atoms with Gasteiger partial charge < -0.3 is 14.2 Å². The Hall–Kier alpha value is -5.28. The molecular weight excluding hydrogens is 742 g/mol. The van der Waals surface area contributed by atoms with E-state index < -0.39 is 11.9 Å². The van der Waals surface area contributed by atoms with E-state index in [9.17, 15) is 9.59 Å². The van der Waals surface area contributed by atoms with Crippen molar-refractivity contribution < 1.29 is 23.8 Å². The maximum absolute atomic E-state index is 12.9. The third kappa shape index (κ3) is 10.7. The van der Waals surface area contributed by atoms with Gasteiger partial charge in [0.15, 0.2) is 0 Å². The molecule has 1 aliphatic carbocycles. The first-order valence-corrected chi connectivity index (χ1v) is 19.7. The molecule has 54 heavy (non-hydrogen) atoms. The average molecular weight is 789 g/mol. The van der Waals surface area contributed by atoms with Crippen molar-refractivity contribution in [3.63, 3.8) is 0 Å². The summed E-state index contributed by atoms with van der Waals surface area (Å²) >= 11 is 3.66. The molecule has 0 amide bonds. The fraction of sp³-hybridized carbons (Fsp3) is 0.289. The first kappa shape index (κ1) is 38.4. The summed E-state index contributed by atoms with van der Waals surface area (Å²) in [5.74, 6) is 0.751. The van der Waals surface area contributed by atoms with Crippen LogP contribution < -0.4 is 14.2 Å². The molecule has 1 heterocycles. The van der Waals surface area contributed by atoms with E-state index in [0.717, 1.165) is 29.0 Å². The van der Waals surface area contributed by atoms with Gasteiger partial charge in [-0.05, 0) is 101 Å². The van der Waals surface area contributed by atoms with Crippen LogP contribution in [0.2, 0.25) is 0 Å². The van der Waals surface area contributed by atoms with Crippen molar-refractivity contribution in [2.45, 2.75) is 77.0 Å². The van der Waals surface area contributed by atoms with E-state index in [-0.39, 0.29) is 5.92 Å². The molecule has 1 aromatic heterocycles. The van der Waals surface area contributed by atoms with Crippen molar-refractivity contribution in [3.05, 3.63) is 143 Å². The number of benzene rings is 4. The van der Waals surface area contributed by atoms with Gasteiger partial charge in [0.05, 0.1) is 23.4 Å². The van der Waals surface area contributed by atoms with Crippen LogP contribution in [0.5, 0.6) is 17.2 Å². The molecule has 0 saturated heterocycles. The van der Waals surface area contributed by atoms with Crippen LogP contribution in [0, 0.1) is 0 Å². The molecule has 0 fully saturated rings. The Morgan fingerprint density at radius 2 is 1.13 bits per heavy atom. The maximum atomic E-state index is 12.9. The number of esters is 2. The summed E-state index contributed by atoms with van der Waals surface area (Å²) < 4.78 is 19.5. The van der Waals surface area contributed by atoms with Gasteiger partial charge in [-0.3, -0.25) is 0 Å². The van der Waals surface area contributed by atoms with Crippen LogP contribution in [0.25, 0.3) is 16.9 Å². The van der Waals surface area contributed by atoms with Crippen LogP contribution in [0.15, 0.2) is 126 Å². The van der Waals surface area contributed by atoms with Crippen molar-refractivity contribution >= 4 is 27.9 Å². The summed E-state index contributed by atoms with van der Waals surface area (Å²) in [4.78, 5) is 25.6. The minimum atomic E-state index is -0.517. The van der Waals surface area contributed by atoms with Crippen LogP contribution in [0.1, 0.15) is 103 Å².